The van der Waals surface area contributed by atoms with E-state index in [-0.39, 0.29) is 0 Å². The van der Waals surface area contributed by atoms with Crippen LogP contribution in [0.4, 0.5) is 0 Å². The summed E-state index contributed by atoms with van der Waals surface area (Å²) in [5.41, 5.74) is 0. The minimum Gasteiger partial charge on any atom is -0.372 e. The van der Waals surface area contributed by atoms with Gasteiger partial charge in [-0.05, 0) is 13.0 Å². The quantitative estimate of drug-likeness (QED) is 0.171. The summed E-state index contributed by atoms with van der Waals surface area (Å²) in [5.74, 6) is 0. The smallest absolute Gasteiger partial charge is 0.0936 e. The van der Waals surface area contributed by atoms with Crippen LogP contribution in [-0.4, -0.2) is 50.0 Å². The number of unbranched alkanes of at least 4 members (excludes halogenated alkanes) is 15. The van der Waals surface area contributed by atoms with Crippen molar-refractivity contribution in [2.75, 3.05) is 32.8 Å². The van der Waals surface area contributed by atoms with E-state index in [0.29, 0.717) is 12.2 Å². The van der Waals surface area contributed by atoms with Crippen molar-refractivity contribution in [3.05, 3.63) is 0 Å². The minimum absolute atomic E-state index is 0.518. The molecule has 0 amide bonds. The lowest BCUT2D eigenvalue weighted by atomic mass is 10.0. The molecule has 0 aromatic carbocycles. The number of epoxide rings is 2. The zero-order valence-corrected chi connectivity index (χ0v) is 18.3. The van der Waals surface area contributed by atoms with Crippen LogP contribution >= 0.6 is 0 Å². The van der Waals surface area contributed by atoms with Gasteiger partial charge in [-0.2, -0.15) is 0 Å². The molecule has 2 unspecified atom stereocenters. The molecule has 0 aromatic heterocycles. The first kappa shape index (κ1) is 23.2. The fraction of sp³-hybridized carbons (Fsp3) is 1.00. The number of ether oxygens (including phenoxy) is 2. The van der Waals surface area contributed by atoms with E-state index >= 15 is 0 Å². The van der Waals surface area contributed by atoms with Gasteiger partial charge in [0.2, 0.25) is 0 Å². The van der Waals surface area contributed by atoms with E-state index in [4.69, 9.17) is 9.47 Å². The van der Waals surface area contributed by atoms with Gasteiger partial charge < -0.3 is 9.47 Å². The maximum absolute atomic E-state index is 5.39. The van der Waals surface area contributed by atoms with Crippen LogP contribution in [0.15, 0.2) is 0 Å². The third kappa shape index (κ3) is 14.5. The largest absolute Gasteiger partial charge is 0.372 e. The van der Waals surface area contributed by atoms with Crippen molar-refractivity contribution in [2.45, 2.75) is 122 Å². The van der Waals surface area contributed by atoms with E-state index in [2.05, 4.69) is 11.8 Å². The molecule has 0 bridgehead atoms. The zero-order chi connectivity index (χ0) is 19.0. The number of nitrogens with zero attached hydrogens (tertiary/aromatic N) is 1. The zero-order valence-electron chi connectivity index (χ0n) is 18.3. The minimum atomic E-state index is 0.518. The van der Waals surface area contributed by atoms with Crippen LogP contribution in [-0.2, 0) is 9.47 Å². The van der Waals surface area contributed by atoms with Gasteiger partial charge in [-0.3, -0.25) is 4.90 Å². The molecule has 2 aliphatic rings. The van der Waals surface area contributed by atoms with Crippen LogP contribution in [0, 0.1) is 0 Å². The molecule has 2 rings (SSSR count). The van der Waals surface area contributed by atoms with E-state index in [0.717, 1.165) is 26.3 Å². The molecule has 3 nitrogen and oxygen atoms in total. The Morgan fingerprint density at radius 3 is 1.22 bits per heavy atom. The van der Waals surface area contributed by atoms with Crippen molar-refractivity contribution in [1.82, 2.24) is 4.90 Å². The van der Waals surface area contributed by atoms with Gasteiger partial charge in [0.05, 0.1) is 25.4 Å². The molecule has 0 aromatic rings. The molecular formula is C24H47NO2. The van der Waals surface area contributed by atoms with Gasteiger partial charge in [-0.15, -0.1) is 0 Å². The molecule has 2 atom stereocenters. The molecule has 2 saturated heterocycles. The Balaban J connectivity index is 1.26. The van der Waals surface area contributed by atoms with Crippen molar-refractivity contribution < 1.29 is 9.47 Å². The van der Waals surface area contributed by atoms with Crippen LogP contribution in [0.1, 0.15) is 110 Å². The number of hydrogen-bond donors (Lipinski definition) is 0. The van der Waals surface area contributed by atoms with E-state index in [1.54, 1.807) is 0 Å². The van der Waals surface area contributed by atoms with E-state index in [9.17, 15) is 0 Å². The van der Waals surface area contributed by atoms with Gasteiger partial charge in [0.1, 0.15) is 0 Å². The molecule has 3 heteroatoms. The van der Waals surface area contributed by atoms with E-state index in [1.807, 2.05) is 0 Å². The third-order valence-corrected chi connectivity index (χ3v) is 6.06. The second-order valence-corrected chi connectivity index (χ2v) is 8.97. The van der Waals surface area contributed by atoms with Crippen LogP contribution in [0.25, 0.3) is 0 Å². The van der Waals surface area contributed by atoms with Crippen LogP contribution in [0.2, 0.25) is 0 Å². The van der Waals surface area contributed by atoms with E-state index in [1.165, 1.54) is 109 Å². The van der Waals surface area contributed by atoms with Crippen molar-refractivity contribution in [1.29, 1.82) is 0 Å². The molecular weight excluding hydrogens is 334 g/mol. The van der Waals surface area contributed by atoms with Crippen LogP contribution in [0.5, 0.6) is 0 Å². The van der Waals surface area contributed by atoms with Crippen molar-refractivity contribution >= 4 is 0 Å². The Morgan fingerprint density at radius 1 is 0.556 bits per heavy atom. The van der Waals surface area contributed by atoms with Gasteiger partial charge >= 0.3 is 0 Å². The molecule has 0 spiro atoms. The highest BCUT2D eigenvalue weighted by Gasteiger charge is 2.30. The first-order chi connectivity index (χ1) is 13.4. The maximum atomic E-state index is 5.39. The Labute approximate surface area is 169 Å². The normalized spacial score (nSPS) is 21.1. The molecule has 2 aliphatic heterocycles. The second kappa shape index (κ2) is 15.8. The first-order valence-electron chi connectivity index (χ1n) is 12.3. The van der Waals surface area contributed by atoms with Crippen LogP contribution in [0.3, 0.4) is 0 Å². The third-order valence-electron chi connectivity index (χ3n) is 6.06. The Hall–Kier alpha value is -0.120. The molecule has 2 heterocycles. The summed E-state index contributed by atoms with van der Waals surface area (Å²) < 4.78 is 10.8. The van der Waals surface area contributed by atoms with Crippen LogP contribution < -0.4 is 0 Å². The standard InChI is InChI=1S/C24H47NO2/c1-2-3-4-5-6-7-8-9-10-11-12-13-14-15-16-17-18-25(19-23-21-26-23)20-24-22-27-24/h23-24H,2-22H2,1H3. The molecule has 0 radical (unpaired) electrons. The lowest BCUT2D eigenvalue weighted by molar-refractivity contribution is 0.215. The van der Waals surface area contributed by atoms with Crippen molar-refractivity contribution in [3.63, 3.8) is 0 Å². The lowest BCUT2D eigenvalue weighted by Gasteiger charge is -2.20. The van der Waals surface area contributed by atoms with Gasteiger partial charge in [-0.25, -0.2) is 0 Å². The highest BCUT2D eigenvalue weighted by molar-refractivity contribution is 4.80. The summed E-state index contributed by atoms with van der Waals surface area (Å²) >= 11 is 0. The summed E-state index contributed by atoms with van der Waals surface area (Å²) in [6.07, 6.45) is 24.1. The van der Waals surface area contributed by atoms with Gasteiger partial charge in [-0.1, -0.05) is 103 Å². The fourth-order valence-electron chi connectivity index (χ4n) is 4.06. The van der Waals surface area contributed by atoms with Crippen molar-refractivity contribution in [2.24, 2.45) is 0 Å². The molecule has 0 saturated carbocycles. The summed E-state index contributed by atoms with van der Waals surface area (Å²) in [6.45, 7) is 7.72. The van der Waals surface area contributed by atoms with Gasteiger partial charge in [0.15, 0.2) is 0 Å². The van der Waals surface area contributed by atoms with Gasteiger partial charge in [0.25, 0.3) is 0 Å². The summed E-state index contributed by atoms with van der Waals surface area (Å²) in [4.78, 5) is 2.57. The maximum Gasteiger partial charge on any atom is 0.0936 e. The Bertz CT molecular complexity index is 314. The average molecular weight is 382 g/mol. The number of rotatable bonds is 21. The second-order valence-electron chi connectivity index (χ2n) is 8.97. The summed E-state index contributed by atoms with van der Waals surface area (Å²) in [5, 5.41) is 0. The van der Waals surface area contributed by atoms with E-state index < -0.39 is 0 Å². The highest BCUT2D eigenvalue weighted by atomic mass is 16.6. The SMILES string of the molecule is CCCCCCCCCCCCCCCCCCN(CC1CO1)CC1CO1. The first-order valence-corrected chi connectivity index (χ1v) is 12.3. The topological polar surface area (TPSA) is 28.3 Å². The Kier molecular flexibility index (Phi) is 13.5. The molecule has 160 valence electrons. The predicted molar refractivity (Wildman–Crippen MR) is 115 cm³/mol. The molecule has 0 aliphatic carbocycles. The summed E-state index contributed by atoms with van der Waals surface area (Å²) in [7, 11) is 0. The highest BCUT2D eigenvalue weighted by Crippen LogP contribution is 2.17. The summed E-state index contributed by atoms with van der Waals surface area (Å²) in [6, 6.07) is 0. The molecule has 0 N–H and O–H groups in total. The monoisotopic (exact) mass is 381 g/mol. The molecule has 27 heavy (non-hydrogen) atoms. The Morgan fingerprint density at radius 2 is 0.889 bits per heavy atom. The fourth-order valence-corrected chi connectivity index (χ4v) is 4.06. The predicted octanol–water partition coefficient (Wildman–Crippen LogP) is 6.35. The van der Waals surface area contributed by atoms with Gasteiger partial charge in [0, 0.05) is 13.1 Å². The number of hydrogen-bond acceptors (Lipinski definition) is 3. The lowest BCUT2D eigenvalue weighted by Crippen LogP contribution is -2.32. The molecule has 2 fully saturated rings. The average Bonchev–Trinajstić information content (AvgIpc) is 3.58. The van der Waals surface area contributed by atoms with Crippen molar-refractivity contribution in [3.8, 4) is 0 Å².